The summed E-state index contributed by atoms with van der Waals surface area (Å²) in [6, 6.07) is 14.7. The first-order valence-corrected chi connectivity index (χ1v) is 6.78. The van der Waals surface area contributed by atoms with Crippen molar-refractivity contribution in [1.29, 1.82) is 0 Å². The number of nitrogens with zero attached hydrogens (tertiary/aromatic N) is 1. The molecule has 0 saturated carbocycles. The van der Waals surface area contributed by atoms with Gasteiger partial charge in [-0.05, 0) is 24.1 Å². The van der Waals surface area contributed by atoms with Gasteiger partial charge in [0.15, 0.2) is 0 Å². The van der Waals surface area contributed by atoms with Gasteiger partial charge in [0.1, 0.15) is 11.5 Å². The summed E-state index contributed by atoms with van der Waals surface area (Å²) in [5.74, 6) is 0.696. The fourth-order valence-corrected chi connectivity index (χ4v) is 2.00. The van der Waals surface area contributed by atoms with Gasteiger partial charge >= 0.3 is 0 Å². The summed E-state index contributed by atoms with van der Waals surface area (Å²) in [5, 5.41) is 19.3. The van der Waals surface area contributed by atoms with E-state index >= 15 is 0 Å². The number of aliphatic hydroxyl groups is 1. The maximum atomic E-state index is 9.86. The summed E-state index contributed by atoms with van der Waals surface area (Å²) in [4.78, 5) is 4.35. The van der Waals surface area contributed by atoms with Crippen LogP contribution in [0.5, 0.6) is 11.5 Å². The minimum atomic E-state index is -0.228. The molecule has 0 radical (unpaired) electrons. The van der Waals surface area contributed by atoms with E-state index in [4.69, 9.17) is 4.74 Å². The van der Waals surface area contributed by atoms with Crippen LogP contribution in [0, 0.1) is 0 Å². The lowest BCUT2D eigenvalue weighted by molar-refractivity contribution is 0.266. The standard InChI is InChI=1S/C17H19NO3/c1-21-16-8-7-14(17(20)10-16)11-18-15(12-19)9-13-5-3-2-4-6-13/h2-8,10-11,15,19-20H,9,12H2,1H3/t15-/m0/s1. The van der Waals surface area contributed by atoms with Gasteiger partial charge in [-0.2, -0.15) is 0 Å². The summed E-state index contributed by atoms with van der Waals surface area (Å²) in [5.41, 5.74) is 1.72. The molecule has 0 aliphatic rings. The summed E-state index contributed by atoms with van der Waals surface area (Å²) in [6.45, 7) is -0.0394. The fraction of sp³-hybridized carbons (Fsp3) is 0.235. The molecule has 0 fully saturated rings. The molecule has 0 amide bonds. The van der Waals surface area contributed by atoms with Crippen LogP contribution in [0.15, 0.2) is 53.5 Å². The van der Waals surface area contributed by atoms with Gasteiger partial charge in [-0.15, -0.1) is 0 Å². The summed E-state index contributed by atoms with van der Waals surface area (Å²) >= 11 is 0. The number of ether oxygens (including phenoxy) is 1. The highest BCUT2D eigenvalue weighted by Crippen LogP contribution is 2.22. The van der Waals surface area contributed by atoms with Crippen molar-refractivity contribution in [3.8, 4) is 11.5 Å². The highest BCUT2D eigenvalue weighted by Gasteiger charge is 2.07. The number of benzene rings is 2. The van der Waals surface area contributed by atoms with Gasteiger partial charge in [-0.25, -0.2) is 0 Å². The van der Waals surface area contributed by atoms with E-state index in [-0.39, 0.29) is 18.4 Å². The maximum absolute atomic E-state index is 9.86. The Morgan fingerprint density at radius 2 is 1.95 bits per heavy atom. The SMILES string of the molecule is COc1ccc(C=N[C@H](CO)Cc2ccccc2)c(O)c1. The Labute approximate surface area is 124 Å². The zero-order valence-corrected chi connectivity index (χ0v) is 11.9. The Hall–Kier alpha value is -2.33. The van der Waals surface area contributed by atoms with Crippen molar-refractivity contribution >= 4 is 6.21 Å². The molecule has 2 aromatic carbocycles. The number of phenolic OH excluding ortho intramolecular Hbond substituents is 1. The average Bonchev–Trinajstić information content (AvgIpc) is 2.53. The minimum absolute atomic E-state index is 0.0394. The molecule has 4 heteroatoms. The summed E-state index contributed by atoms with van der Waals surface area (Å²) in [6.07, 6.45) is 2.24. The van der Waals surface area contributed by atoms with E-state index in [0.29, 0.717) is 17.7 Å². The Bertz CT molecular complexity index is 596. The van der Waals surface area contributed by atoms with E-state index in [2.05, 4.69) is 4.99 Å². The molecule has 0 aliphatic carbocycles. The third kappa shape index (κ3) is 4.33. The molecular formula is C17H19NO3. The van der Waals surface area contributed by atoms with Crippen LogP contribution in [0.1, 0.15) is 11.1 Å². The van der Waals surface area contributed by atoms with Crippen LogP contribution in [0.4, 0.5) is 0 Å². The van der Waals surface area contributed by atoms with Crippen LogP contribution in [0.2, 0.25) is 0 Å². The van der Waals surface area contributed by atoms with Crippen molar-refractivity contribution in [2.45, 2.75) is 12.5 Å². The molecule has 0 spiro atoms. The molecule has 1 atom stereocenters. The second-order valence-electron chi connectivity index (χ2n) is 4.73. The topological polar surface area (TPSA) is 62.0 Å². The number of phenols is 1. The van der Waals surface area contributed by atoms with Crippen LogP contribution >= 0.6 is 0 Å². The van der Waals surface area contributed by atoms with Crippen LogP contribution in [-0.4, -0.2) is 36.2 Å². The average molecular weight is 285 g/mol. The molecule has 0 heterocycles. The Morgan fingerprint density at radius 1 is 1.19 bits per heavy atom. The van der Waals surface area contributed by atoms with Gasteiger partial charge in [0.05, 0.1) is 19.8 Å². The van der Waals surface area contributed by atoms with Crippen LogP contribution in [0.3, 0.4) is 0 Å². The van der Waals surface area contributed by atoms with Crippen molar-refractivity contribution in [2.24, 2.45) is 4.99 Å². The molecule has 2 N–H and O–H groups in total. The quantitative estimate of drug-likeness (QED) is 0.801. The van der Waals surface area contributed by atoms with Crippen LogP contribution in [-0.2, 0) is 6.42 Å². The second kappa shape index (κ2) is 7.45. The van der Waals surface area contributed by atoms with Crippen molar-refractivity contribution < 1.29 is 14.9 Å². The molecule has 0 saturated heterocycles. The lowest BCUT2D eigenvalue weighted by Crippen LogP contribution is -2.14. The number of methoxy groups -OCH3 is 1. The lowest BCUT2D eigenvalue weighted by Gasteiger charge is -2.09. The van der Waals surface area contributed by atoms with Gasteiger partial charge in [-0.3, -0.25) is 4.99 Å². The third-order valence-electron chi connectivity index (χ3n) is 3.19. The molecule has 110 valence electrons. The molecule has 0 aliphatic heterocycles. The highest BCUT2D eigenvalue weighted by molar-refractivity contribution is 5.83. The van der Waals surface area contributed by atoms with Crippen LogP contribution in [0.25, 0.3) is 0 Å². The van der Waals surface area contributed by atoms with E-state index in [9.17, 15) is 10.2 Å². The Kier molecular flexibility index (Phi) is 5.35. The van der Waals surface area contributed by atoms with Crippen molar-refractivity contribution in [1.82, 2.24) is 0 Å². The van der Waals surface area contributed by atoms with Gasteiger partial charge < -0.3 is 14.9 Å². The van der Waals surface area contributed by atoms with Crippen LogP contribution < -0.4 is 4.74 Å². The highest BCUT2D eigenvalue weighted by atomic mass is 16.5. The summed E-state index contributed by atoms with van der Waals surface area (Å²) < 4.78 is 5.03. The van der Waals surface area contributed by atoms with Gasteiger partial charge in [0.25, 0.3) is 0 Å². The Balaban J connectivity index is 2.07. The maximum Gasteiger partial charge on any atom is 0.128 e. The van der Waals surface area contributed by atoms with Gasteiger partial charge in [0.2, 0.25) is 0 Å². The number of aliphatic imine (C=N–C) groups is 1. The molecular weight excluding hydrogens is 266 g/mol. The van der Waals surface area contributed by atoms with Crippen molar-refractivity contribution in [3.63, 3.8) is 0 Å². The molecule has 0 aromatic heterocycles. The number of aliphatic hydroxyl groups excluding tert-OH is 1. The monoisotopic (exact) mass is 285 g/mol. The van der Waals surface area contributed by atoms with E-state index in [1.165, 1.54) is 6.07 Å². The third-order valence-corrected chi connectivity index (χ3v) is 3.19. The Morgan fingerprint density at radius 3 is 2.57 bits per heavy atom. The molecule has 4 nitrogen and oxygen atoms in total. The van der Waals surface area contributed by atoms with E-state index < -0.39 is 0 Å². The molecule has 2 rings (SSSR count). The van der Waals surface area contributed by atoms with Crippen molar-refractivity contribution in [2.75, 3.05) is 13.7 Å². The lowest BCUT2D eigenvalue weighted by atomic mass is 10.1. The van der Waals surface area contributed by atoms with E-state index in [1.54, 1.807) is 25.5 Å². The number of hydrogen-bond acceptors (Lipinski definition) is 4. The smallest absolute Gasteiger partial charge is 0.128 e. The number of aromatic hydroxyl groups is 1. The molecule has 0 bridgehead atoms. The first kappa shape index (κ1) is 15.1. The number of rotatable bonds is 6. The fourth-order valence-electron chi connectivity index (χ4n) is 2.00. The number of hydrogen-bond donors (Lipinski definition) is 2. The predicted molar refractivity (Wildman–Crippen MR) is 83.3 cm³/mol. The van der Waals surface area contributed by atoms with E-state index in [1.807, 2.05) is 30.3 Å². The zero-order valence-electron chi connectivity index (χ0n) is 11.9. The first-order valence-electron chi connectivity index (χ1n) is 6.78. The zero-order chi connectivity index (χ0) is 15.1. The van der Waals surface area contributed by atoms with Crippen molar-refractivity contribution in [3.05, 3.63) is 59.7 Å². The molecule has 0 unspecified atom stereocenters. The first-order chi connectivity index (χ1) is 10.2. The second-order valence-corrected chi connectivity index (χ2v) is 4.73. The minimum Gasteiger partial charge on any atom is -0.507 e. The van der Waals surface area contributed by atoms with E-state index in [0.717, 1.165) is 5.56 Å². The molecule has 2 aromatic rings. The van der Waals surface area contributed by atoms with Gasteiger partial charge in [0, 0.05) is 17.8 Å². The summed E-state index contributed by atoms with van der Waals surface area (Å²) in [7, 11) is 1.55. The normalized spacial score (nSPS) is 12.5. The predicted octanol–water partition coefficient (Wildman–Crippen LogP) is 2.42. The molecule has 21 heavy (non-hydrogen) atoms. The van der Waals surface area contributed by atoms with Gasteiger partial charge in [-0.1, -0.05) is 30.3 Å². The largest absolute Gasteiger partial charge is 0.507 e.